The van der Waals surface area contributed by atoms with Gasteiger partial charge in [-0.1, -0.05) is 18.5 Å². The van der Waals surface area contributed by atoms with Crippen molar-refractivity contribution in [1.82, 2.24) is 5.32 Å². The van der Waals surface area contributed by atoms with Crippen LogP contribution in [-0.4, -0.2) is 18.5 Å². The lowest BCUT2D eigenvalue weighted by Gasteiger charge is -2.12. The third kappa shape index (κ3) is 4.53. The lowest BCUT2D eigenvalue weighted by Crippen LogP contribution is -2.36. The molecule has 0 aliphatic rings. The normalized spacial score (nSPS) is 11.9. The van der Waals surface area contributed by atoms with Crippen LogP contribution in [0.4, 0.5) is 5.69 Å². The van der Waals surface area contributed by atoms with E-state index in [1.807, 2.05) is 26.0 Å². The first kappa shape index (κ1) is 12.8. The molecule has 1 aromatic rings. The van der Waals surface area contributed by atoms with Crippen molar-refractivity contribution in [2.75, 3.05) is 11.9 Å². The number of hydrogen-bond donors (Lipinski definition) is 2. The minimum Gasteiger partial charge on any atom is -0.376 e. The molecule has 0 radical (unpaired) electrons. The van der Waals surface area contributed by atoms with Crippen LogP contribution in [0.1, 0.15) is 20.3 Å². The molecule has 0 aliphatic heterocycles. The van der Waals surface area contributed by atoms with Crippen LogP contribution in [0, 0.1) is 0 Å². The second kappa shape index (κ2) is 6.38. The molecule has 1 aromatic carbocycles. The number of benzene rings is 1. The van der Waals surface area contributed by atoms with Gasteiger partial charge < -0.3 is 10.6 Å². The molecule has 0 fully saturated rings. The Bertz CT molecular complexity index is 337. The van der Waals surface area contributed by atoms with Gasteiger partial charge in [-0.15, -0.1) is 0 Å². The maximum absolute atomic E-state index is 11.5. The van der Waals surface area contributed by atoms with Gasteiger partial charge in [0.15, 0.2) is 0 Å². The monoisotopic (exact) mass is 240 g/mol. The fourth-order valence-corrected chi connectivity index (χ4v) is 1.30. The number of amides is 1. The van der Waals surface area contributed by atoms with Crippen molar-refractivity contribution < 1.29 is 4.79 Å². The Morgan fingerprint density at radius 1 is 1.38 bits per heavy atom. The molecular weight excluding hydrogens is 224 g/mol. The summed E-state index contributed by atoms with van der Waals surface area (Å²) in [5.41, 5.74) is 0.892. The number of carbonyl (C=O) groups is 1. The summed E-state index contributed by atoms with van der Waals surface area (Å²) >= 11 is 5.75. The van der Waals surface area contributed by atoms with E-state index in [-0.39, 0.29) is 18.5 Å². The number of anilines is 1. The fourth-order valence-electron chi connectivity index (χ4n) is 1.18. The standard InChI is InChI=1S/C12H17ClN2O/c1-3-9(2)15-12(16)8-14-11-6-4-10(13)5-7-11/h4-7,9,14H,3,8H2,1-2H3,(H,15,16). The van der Waals surface area contributed by atoms with Crippen LogP contribution < -0.4 is 10.6 Å². The highest BCUT2D eigenvalue weighted by molar-refractivity contribution is 6.30. The van der Waals surface area contributed by atoms with E-state index < -0.39 is 0 Å². The van der Waals surface area contributed by atoms with E-state index in [9.17, 15) is 4.79 Å². The smallest absolute Gasteiger partial charge is 0.239 e. The maximum Gasteiger partial charge on any atom is 0.239 e. The molecule has 88 valence electrons. The van der Waals surface area contributed by atoms with Crippen molar-refractivity contribution >= 4 is 23.2 Å². The van der Waals surface area contributed by atoms with Gasteiger partial charge in [-0.05, 0) is 37.6 Å². The number of hydrogen-bond acceptors (Lipinski definition) is 2. The van der Waals surface area contributed by atoms with Crippen LogP contribution in [0.5, 0.6) is 0 Å². The minimum absolute atomic E-state index is 0.00398. The third-order valence-electron chi connectivity index (χ3n) is 2.32. The van der Waals surface area contributed by atoms with Gasteiger partial charge in [0, 0.05) is 16.8 Å². The van der Waals surface area contributed by atoms with Gasteiger partial charge in [0.25, 0.3) is 0 Å². The first-order valence-corrected chi connectivity index (χ1v) is 5.78. The Kier molecular flexibility index (Phi) is 5.12. The van der Waals surface area contributed by atoms with Gasteiger partial charge >= 0.3 is 0 Å². The Labute approximate surface area is 101 Å². The molecule has 16 heavy (non-hydrogen) atoms. The Morgan fingerprint density at radius 3 is 2.56 bits per heavy atom. The van der Waals surface area contributed by atoms with Crippen LogP contribution in [0.3, 0.4) is 0 Å². The first-order chi connectivity index (χ1) is 7.61. The summed E-state index contributed by atoms with van der Waals surface area (Å²) in [5, 5.41) is 6.60. The van der Waals surface area contributed by atoms with Crippen LogP contribution >= 0.6 is 11.6 Å². The molecule has 1 amide bonds. The highest BCUT2D eigenvalue weighted by Gasteiger charge is 2.04. The van der Waals surface area contributed by atoms with Gasteiger partial charge in [-0.25, -0.2) is 0 Å². The Balaban J connectivity index is 2.34. The van der Waals surface area contributed by atoms with Crippen molar-refractivity contribution in [3.8, 4) is 0 Å². The molecule has 0 heterocycles. The van der Waals surface area contributed by atoms with Gasteiger partial charge in [-0.3, -0.25) is 4.79 Å². The highest BCUT2D eigenvalue weighted by Crippen LogP contribution is 2.12. The Morgan fingerprint density at radius 2 is 2.00 bits per heavy atom. The molecule has 1 atom stereocenters. The van der Waals surface area contributed by atoms with Crippen LogP contribution in [0.2, 0.25) is 5.02 Å². The second-order valence-electron chi connectivity index (χ2n) is 3.74. The van der Waals surface area contributed by atoms with Crippen molar-refractivity contribution in [2.45, 2.75) is 26.3 Å². The summed E-state index contributed by atoms with van der Waals surface area (Å²) in [4.78, 5) is 11.5. The lowest BCUT2D eigenvalue weighted by atomic mass is 10.2. The topological polar surface area (TPSA) is 41.1 Å². The third-order valence-corrected chi connectivity index (χ3v) is 2.57. The zero-order valence-corrected chi connectivity index (χ0v) is 10.3. The summed E-state index contributed by atoms with van der Waals surface area (Å²) in [5.74, 6) is 0.00398. The quantitative estimate of drug-likeness (QED) is 0.831. The molecule has 0 spiro atoms. The number of halogens is 1. The van der Waals surface area contributed by atoms with Gasteiger partial charge in [0.2, 0.25) is 5.91 Å². The molecule has 1 rings (SSSR count). The van der Waals surface area contributed by atoms with Gasteiger partial charge in [0.1, 0.15) is 0 Å². The van der Waals surface area contributed by atoms with Crippen molar-refractivity contribution in [1.29, 1.82) is 0 Å². The summed E-state index contributed by atoms with van der Waals surface area (Å²) in [7, 11) is 0. The lowest BCUT2D eigenvalue weighted by molar-refractivity contribution is -0.120. The molecular formula is C12H17ClN2O. The summed E-state index contributed by atoms with van der Waals surface area (Å²) in [6.45, 7) is 4.31. The van der Waals surface area contributed by atoms with E-state index >= 15 is 0 Å². The summed E-state index contributed by atoms with van der Waals surface area (Å²) in [6, 6.07) is 7.49. The molecule has 1 unspecified atom stereocenters. The van der Waals surface area contributed by atoms with E-state index in [0.29, 0.717) is 5.02 Å². The average molecular weight is 241 g/mol. The van der Waals surface area contributed by atoms with Crippen molar-refractivity contribution in [3.05, 3.63) is 29.3 Å². The molecule has 4 heteroatoms. The van der Waals surface area contributed by atoms with E-state index in [1.54, 1.807) is 12.1 Å². The summed E-state index contributed by atoms with van der Waals surface area (Å²) in [6.07, 6.45) is 0.937. The molecule has 0 aliphatic carbocycles. The number of carbonyl (C=O) groups excluding carboxylic acids is 1. The number of rotatable bonds is 5. The fraction of sp³-hybridized carbons (Fsp3) is 0.417. The zero-order valence-electron chi connectivity index (χ0n) is 9.59. The summed E-state index contributed by atoms with van der Waals surface area (Å²) < 4.78 is 0. The zero-order chi connectivity index (χ0) is 12.0. The number of nitrogens with one attached hydrogen (secondary N) is 2. The molecule has 3 nitrogen and oxygen atoms in total. The molecule has 0 bridgehead atoms. The van der Waals surface area contributed by atoms with Crippen LogP contribution in [0.15, 0.2) is 24.3 Å². The van der Waals surface area contributed by atoms with Gasteiger partial charge in [-0.2, -0.15) is 0 Å². The van der Waals surface area contributed by atoms with Crippen molar-refractivity contribution in [3.63, 3.8) is 0 Å². The van der Waals surface area contributed by atoms with Crippen LogP contribution in [0.25, 0.3) is 0 Å². The van der Waals surface area contributed by atoms with E-state index in [1.165, 1.54) is 0 Å². The predicted octanol–water partition coefficient (Wildman–Crippen LogP) is 2.67. The maximum atomic E-state index is 11.5. The largest absolute Gasteiger partial charge is 0.376 e. The Hall–Kier alpha value is -1.22. The first-order valence-electron chi connectivity index (χ1n) is 5.40. The van der Waals surface area contributed by atoms with E-state index in [2.05, 4.69) is 10.6 Å². The molecule has 0 aromatic heterocycles. The van der Waals surface area contributed by atoms with Crippen LogP contribution in [-0.2, 0) is 4.79 Å². The second-order valence-corrected chi connectivity index (χ2v) is 4.17. The minimum atomic E-state index is 0.00398. The average Bonchev–Trinajstić information content (AvgIpc) is 2.28. The molecule has 0 saturated heterocycles. The molecule has 2 N–H and O–H groups in total. The van der Waals surface area contributed by atoms with Gasteiger partial charge in [0.05, 0.1) is 6.54 Å². The van der Waals surface area contributed by atoms with E-state index in [0.717, 1.165) is 12.1 Å². The SMILES string of the molecule is CCC(C)NC(=O)CNc1ccc(Cl)cc1. The van der Waals surface area contributed by atoms with E-state index in [4.69, 9.17) is 11.6 Å². The highest BCUT2D eigenvalue weighted by atomic mass is 35.5. The molecule has 0 saturated carbocycles. The predicted molar refractivity (Wildman–Crippen MR) is 67.8 cm³/mol. The van der Waals surface area contributed by atoms with Crippen molar-refractivity contribution in [2.24, 2.45) is 0 Å².